The Bertz CT molecular complexity index is 822. The van der Waals surface area contributed by atoms with Gasteiger partial charge in [0.1, 0.15) is 17.5 Å². The number of carbonyl (C=O) groups excluding carboxylic acids is 2. The molecular formula is C23H29ClN2O4. The first-order valence-electron chi connectivity index (χ1n) is 9.88. The lowest BCUT2D eigenvalue weighted by atomic mass is 10.1. The predicted molar refractivity (Wildman–Crippen MR) is 118 cm³/mol. The Morgan fingerprint density at radius 3 is 2.17 bits per heavy atom. The maximum absolute atomic E-state index is 13.0. The Morgan fingerprint density at radius 2 is 1.60 bits per heavy atom. The molecule has 30 heavy (non-hydrogen) atoms. The molecule has 162 valence electrons. The maximum Gasteiger partial charge on any atom is 0.261 e. The minimum Gasteiger partial charge on any atom is -0.497 e. The average molecular weight is 433 g/mol. The number of hydrogen-bond donors (Lipinski definition) is 1. The molecule has 7 heteroatoms. The lowest BCUT2D eigenvalue weighted by Gasteiger charge is -2.29. The summed E-state index contributed by atoms with van der Waals surface area (Å²) in [6, 6.07) is 13.5. The number of nitrogens with one attached hydrogen (secondary N) is 1. The largest absolute Gasteiger partial charge is 0.497 e. The summed E-state index contributed by atoms with van der Waals surface area (Å²) < 4.78 is 10.8. The molecule has 0 saturated carbocycles. The van der Waals surface area contributed by atoms with E-state index in [9.17, 15) is 9.59 Å². The summed E-state index contributed by atoms with van der Waals surface area (Å²) in [5.41, 5.74) is 0.888. The van der Waals surface area contributed by atoms with E-state index < -0.39 is 6.04 Å². The molecule has 0 fully saturated rings. The van der Waals surface area contributed by atoms with Crippen molar-refractivity contribution in [2.75, 3.05) is 20.3 Å². The number of methoxy groups -OCH3 is 1. The van der Waals surface area contributed by atoms with Gasteiger partial charge >= 0.3 is 0 Å². The number of halogens is 1. The SMILES string of the molecule is COc1ccc(CN(C(=O)COc2ccc(Cl)cc2)C(C)C(=O)NCC(C)C)cc1. The molecule has 6 nitrogen and oxygen atoms in total. The first kappa shape index (κ1) is 23.5. The van der Waals surface area contributed by atoms with Crippen LogP contribution in [0.4, 0.5) is 0 Å². The molecule has 0 aliphatic rings. The topological polar surface area (TPSA) is 67.9 Å². The van der Waals surface area contributed by atoms with Gasteiger partial charge in [-0.25, -0.2) is 0 Å². The van der Waals surface area contributed by atoms with Crippen LogP contribution in [0.1, 0.15) is 26.3 Å². The number of carbonyl (C=O) groups is 2. The standard InChI is InChI=1S/C23H29ClN2O4/c1-16(2)13-25-23(28)17(3)26(14-18-5-9-20(29-4)10-6-18)22(27)15-30-21-11-7-19(24)8-12-21/h5-12,16-17H,13-15H2,1-4H3,(H,25,28). The van der Waals surface area contributed by atoms with Crippen LogP contribution < -0.4 is 14.8 Å². The highest BCUT2D eigenvalue weighted by Crippen LogP contribution is 2.17. The molecule has 2 aromatic carbocycles. The second-order valence-electron chi connectivity index (χ2n) is 7.43. The third-order valence-corrected chi connectivity index (χ3v) is 4.79. The molecule has 2 amide bonds. The molecule has 1 unspecified atom stereocenters. The first-order valence-corrected chi connectivity index (χ1v) is 10.3. The zero-order valence-corrected chi connectivity index (χ0v) is 18.6. The zero-order chi connectivity index (χ0) is 22.1. The third-order valence-electron chi connectivity index (χ3n) is 4.54. The molecule has 0 radical (unpaired) electrons. The van der Waals surface area contributed by atoms with Crippen LogP contribution in [0.3, 0.4) is 0 Å². The molecule has 0 heterocycles. The minimum atomic E-state index is -0.646. The smallest absolute Gasteiger partial charge is 0.261 e. The van der Waals surface area contributed by atoms with Crippen LogP contribution in [0, 0.1) is 5.92 Å². The maximum atomic E-state index is 13.0. The summed E-state index contributed by atoms with van der Waals surface area (Å²) in [6.45, 7) is 6.41. The molecule has 0 bridgehead atoms. The van der Waals surface area contributed by atoms with Crippen LogP contribution in [-0.4, -0.2) is 43.0 Å². The van der Waals surface area contributed by atoms with Crippen molar-refractivity contribution in [3.05, 3.63) is 59.1 Å². The zero-order valence-electron chi connectivity index (χ0n) is 17.9. The van der Waals surface area contributed by atoms with Gasteiger partial charge in [-0.15, -0.1) is 0 Å². The van der Waals surface area contributed by atoms with E-state index in [1.54, 1.807) is 38.3 Å². The fourth-order valence-electron chi connectivity index (χ4n) is 2.72. The van der Waals surface area contributed by atoms with Gasteiger partial charge in [0.05, 0.1) is 7.11 Å². The molecule has 1 N–H and O–H groups in total. The molecule has 2 rings (SSSR count). The van der Waals surface area contributed by atoms with Crippen LogP contribution in [0.2, 0.25) is 5.02 Å². The van der Waals surface area contributed by atoms with Gasteiger partial charge in [0, 0.05) is 18.1 Å². The molecule has 2 aromatic rings. The summed E-state index contributed by atoms with van der Waals surface area (Å²) in [5.74, 6) is 1.10. The number of benzene rings is 2. The highest BCUT2D eigenvalue weighted by molar-refractivity contribution is 6.30. The van der Waals surface area contributed by atoms with E-state index in [0.29, 0.717) is 23.2 Å². The summed E-state index contributed by atoms with van der Waals surface area (Å²) in [5, 5.41) is 3.48. The number of hydrogen-bond acceptors (Lipinski definition) is 4. The predicted octanol–water partition coefficient (Wildman–Crippen LogP) is 3.92. The molecule has 0 spiro atoms. The molecule has 0 saturated heterocycles. The fraction of sp³-hybridized carbons (Fsp3) is 0.391. The van der Waals surface area contributed by atoms with Crippen molar-refractivity contribution in [3.63, 3.8) is 0 Å². The van der Waals surface area contributed by atoms with Gasteiger partial charge < -0.3 is 19.7 Å². The van der Waals surface area contributed by atoms with Crippen molar-refractivity contribution < 1.29 is 19.1 Å². The average Bonchev–Trinajstić information content (AvgIpc) is 2.75. The normalized spacial score (nSPS) is 11.7. The summed E-state index contributed by atoms with van der Waals surface area (Å²) >= 11 is 5.88. The highest BCUT2D eigenvalue weighted by Gasteiger charge is 2.26. The van der Waals surface area contributed by atoms with Crippen LogP contribution in [-0.2, 0) is 16.1 Å². The second-order valence-corrected chi connectivity index (χ2v) is 7.86. The van der Waals surface area contributed by atoms with Crippen molar-refractivity contribution in [1.29, 1.82) is 0 Å². The van der Waals surface area contributed by atoms with Crippen molar-refractivity contribution in [2.24, 2.45) is 5.92 Å². The second kappa shape index (κ2) is 11.5. The van der Waals surface area contributed by atoms with E-state index in [0.717, 1.165) is 11.3 Å². The Hall–Kier alpha value is -2.73. The van der Waals surface area contributed by atoms with Gasteiger partial charge in [0.25, 0.3) is 5.91 Å². The monoisotopic (exact) mass is 432 g/mol. The van der Waals surface area contributed by atoms with Crippen LogP contribution in [0.15, 0.2) is 48.5 Å². The van der Waals surface area contributed by atoms with E-state index in [1.165, 1.54) is 4.90 Å². The lowest BCUT2D eigenvalue weighted by molar-refractivity contribution is -0.142. The lowest BCUT2D eigenvalue weighted by Crippen LogP contribution is -2.49. The van der Waals surface area contributed by atoms with Gasteiger partial charge in [-0.2, -0.15) is 0 Å². The number of nitrogens with zero attached hydrogens (tertiary/aromatic N) is 1. The molecular weight excluding hydrogens is 404 g/mol. The fourth-order valence-corrected chi connectivity index (χ4v) is 2.85. The Kier molecular flexibility index (Phi) is 8.99. The molecule has 1 atom stereocenters. The van der Waals surface area contributed by atoms with E-state index in [4.69, 9.17) is 21.1 Å². The van der Waals surface area contributed by atoms with Crippen molar-refractivity contribution in [3.8, 4) is 11.5 Å². The van der Waals surface area contributed by atoms with Gasteiger partial charge in [0.15, 0.2) is 6.61 Å². The number of amides is 2. The molecule has 0 aromatic heterocycles. The number of ether oxygens (including phenoxy) is 2. The van der Waals surface area contributed by atoms with Gasteiger partial charge in [-0.05, 0) is 54.8 Å². The molecule has 0 aliphatic carbocycles. The first-order chi connectivity index (χ1) is 14.3. The summed E-state index contributed by atoms with van der Waals surface area (Å²) in [4.78, 5) is 27.1. The van der Waals surface area contributed by atoms with Crippen LogP contribution in [0.5, 0.6) is 11.5 Å². The van der Waals surface area contributed by atoms with Crippen molar-refractivity contribution >= 4 is 23.4 Å². The quantitative estimate of drug-likeness (QED) is 0.618. The van der Waals surface area contributed by atoms with E-state index in [1.807, 2.05) is 38.1 Å². The number of rotatable bonds is 10. The third kappa shape index (κ3) is 7.26. The summed E-state index contributed by atoms with van der Waals surface area (Å²) in [7, 11) is 1.60. The highest BCUT2D eigenvalue weighted by atomic mass is 35.5. The van der Waals surface area contributed by atoms with E-state index in [2.05, 4.69) is 5.32 Å². The van der Waals surface area contributed by atoms with Gasteiger partial charge in [-0.3, -0.25) is 9.59 Å². The summed E-state index contributed by atoms with van der Waals surface area (Å²) in [6.07, 6.45) is 0. The van der Waals surface area contributed by atoms with Gasteiger partial charge in [0.2, 0.25) is 5.91 Å². The van der Waals surface area contributed by atoms with E-state index in [-0.39, 0.29) is 25.0 Å². The Labute approximate surface area is 183 Å². The minimum absolute atomic E-state index is 0.181. The molecule has 0 aliphatic heterocycles. The van der Waals surface area contributed by atoms with Crippen LogP contribution >= 0.6 is 11.6 Å². The van der Waals surface area contributed by atoms with E-state index >= 15 is 0 Å². The Morgan fingerprint density at radius 1 is 1.00 bits per heavy atom. The van der Waals surface area contributed by atoms with Crippen LogP contribution in [0.25, 0.3) is 0 Å². The van der Waals surface area contributed by atoms with Crippen molar-refractivity contribution in [1.82, 2.24) is 10.2 Å². The van der Waals surface area contributed by atoms with Crippen molar-refractivity contribution in [2.45, 2.75) is 33.4 Å². The Balaban J connectivity index is 2.12. The van der Waals surface area contributed by atoms with Gasteiger partial charge in [-0.1, -0.05) is 37.6 Å².